The van der Waals surface area contributed by atoms with Crippen LogP contribution in [0, 0.1) is 13.8 Å². The van der Waals surface area contributed by atoms with Crippen molar-refractivity contribution < 1.29 is 33.1 Å². The molecule has 0 bridgehead atoms. The van der Waals surface area contributed by atoms with E-state index in [1.807, 2.05) is 26.0 Å². The van der Waals surface area contributed by atoms with Crippen LogP contribution in [0.25, 0.3) is 0 Å². The third-order valence-electron chi connectivity index (χ3n) is 3.69. The van der Waals surface area contributed by atoms with Gasteiger partial charge in [0.15, 0.2) is 0 Å². The van der Waals surface area contributed by atoms with E-state index in [1.165, 1.54) is 0 Å². The number of alkyl halides is 2. The largest absolute Gasteiger partial charge is 0.635 e. The number of aryl methyl sites for hydroxylation is 2. The van der Waals surface area contributed by atoms with Crippen LogP contribution in [-0.4, -0.2) is 59.8 Å². The second-order valence-electron chi connectivity index (χ2n) is 5.97. The van der Waals surface area contributed by atoms with E-state index in [1.54, 1.807) is 6.07 Å². The number of rotatable bonds is 10. The summed E-state index contributed by atoms with van der Waals surface area (Å²) in [6.45, 7) is 5.40. The molecule has 2 amide bonds. The lowest BCUT2D eigenvalue weighted by molar-refractivity contribution is -0.135. The second kappa shape index (κ2) is 10.8. The SMILES string of the molecule is C=CC(=O)N(CC(=O)N[C@@H](Cc1ccc(C)cc1C)OB(O)O)CC(F)F. The fraction of sp³-hybridized carbons (Fsp3) is 0.412. The molecule has 0 spiro atoms. The minimum absolute atomic E-state index is 0.111. The van der Waals surface area contributed by atoms with Crippen LogP contribution in [0.1, 0.15) is 16.7 Å². The van der Waals surface area contributed by atoms with Gasteiger partial charge in [0.2, 0.25) is 11.8 Å². The van der Waals surface area contributed by atoms with E-state index in [0.717, 1.165) is 22.8 Å². The first kappa shape index (κ1) is 22.7. The first-order chi connectivity index (χ1) is 12.6. The second-order valence-corrected chi connectivity index (χ2v) is 5.97. The lowest BCUT2D eigenvalue weighted by Gasteiger charge is -2.24. The average Bonchev–Trinajstić information content (AvgIpc) is 2.54. The van der Waals surface area contributed by atoms with Gasteiger partial charge < -0.3 is 24.9 Å². The minimum Gasteiger partial charge on any atom is -0.402 e. The zero-order valence-electron chi connectivity index (χ0n) is 15.2. The number of hydrogen-bond acceptors (Lipinski definition) is 5. The summed E-state index contributed by atoms with van der Waals surface area (Å²) < 4.78 is 30.0. The molecule has 148 valence electrons. The van der Waals surface area contributed by atoms with E-state index in [0.29, 0.717) is 4.90 Å². The minimum atomic E-state index is -2.82. The summed E-state index contributed by atoms with van der Waals surface area (Å²) in [5, 5.41) is 20.5. The first-order valence-corrected chi connectivity index (χ1v) is 8.19. The Morgan fingerprint density at radius 2 is 2.04 bits per heavy atom. The molecule has 0 saturated heterocycles. The number of carbonyl (C=O) groups excluding carboxylic acids is 2. The average molecular weight is 384 g/mol. The van der Waals surface area contributed by atoms with E-state index in [2.05, 4.69) is 11.9 Å². The van der Waals surface area contributed by atoms with Crippen LogP contribution < -0.4 is 5.32 Å². The maximum absolute atomic E-state index is 12.6. The summed E-state index contributed by atoms with van der Waals surface area (Å²) in [5.74, 6) is -1.61. The van der Waals surface area contributed by atoms with Crippen LogP contribution in [0.2, 0.25) is 0 Å². The molecule has 0 heterocycles. The zero-order valence-corrected chi connectivity index (χ0v) is 15.2. The molecule has 0 aliphatic rings. The molecule has 0 fully saturated rings. The van der Waals surface area contributed by atoms with E-state index in [9.17, 15) is 18.4 Å². The van der Waals surface area contributed by atoms with Gasteiger partial charge in [0.05, 0.1) is 6.54 Å². The van der Waals surface area contributed by atoms with Crippen molar-refractivity contribution in [1.29, 1.82) is 0 Å². The summed E-state index contributed by atoms with van der Waals surface area (Å²) in [7, 11) is -2.15. The van der Waals surface area contributed by atoms with Gasteiger partial charge in [0.25, 0.3) is 6.43 Å². The molecular formula is C17H23BF2N2O5. The highest BCUT2D eigenvalue weighted by Gasteiger charge is 2.24. The molecule has 0 aliphatic heterocycles. The predicted octanol–water partition coefficient (Wildman–Crippen LogP) is 0.554. The monoisotopic (exact) mass is 384 g/mol. The van der Waals surface area contributed by atoms with Crippen molar-refractivity contribution in [3.8, 4) is 0 Å². The molecule has 0 aliphatic carbocycles. The standard InChI is InChI=1S/C17H23BF2N2O5/c1-4-17(24)22(9-14(19)20)10-15(23)21-16(27-18(25)26)8-13-6-5-11(2)7-12(13)3/h4-7,14,16,25-26H,1,8-10H2,2-3H3,(H,21,23)/t16-/m1/s1. The van der Waals surface area contributed by atoms with Crippen molar-refractivity contribution in [2.75, 3.05) is 13.1 Å². The zero-order chi connectivity index (χ0) is 20.6. The predicted molar refractivity (Wildman–Crippen MR) is 95.6 cm³/mol. The van der Waals surface area contributed by atoms with Gasteiger partial charge in [0, 0.05) is 6.42 Å². The normalized spacial score (nSPS) is 11.8. The number of benzene rings is 1. The number of halogens is 2. The number of amides is 2. The Balaban J connectivity index is 2.83. The van der Waals surface area contributed by atoms with Gasteiger partial charge in [-0.05, 0) is 31.1 Å². The van der Waals surface area contributed by atoms with Crippen LogP contribution in [0.5, 0.6) is 0 Å². The fourth-order valence-electron chi connectivity index (χ4n) is 2.48. The molecule has 27 heavy (non-hydrogen) atoms. The van der Waals surface area contributed by atoms with Gasteiger partial charge in [-0.3, -0.25) is 9.59 Å². The van der Waals surface area contributed by atoms with Gasteiger partial charge in [-0.1, -0.05) is 30.3 Å². The van der Waals surface area contributed by atoms with Crippen molar-refractivity contribution >= 4 is 19.1 Å². The molecule has 0 saturated carbocycles. The van der Waals surface area contributed by atoms with E-state index >= 15 is 0 Å². The summed E-state index contributed by atoms with van der Waals surface area (Å²) in [6.07, 6.45) is -3.01. The van der Waals surface area contributed by atoms with Crippen molar-refractivity contribution in [3.63, 3.8) is 0 Å². The quantitative estimate of drug-likeness (QED) is 0.311. The Labute approximate surface area is 156 Å². The van der Waals surface area contributed by atoms with E-state index in [4.69, 9.17) is 14.7 Å². The Bertz CT molecular complexity index is 673. The summed E-state index contributed by atoms with van der Waals surface area (Å²) in [4.78, 5) is 24.4. The van der Waals surface area contributed by atoms with Crippen molar-refractivity contribution in [2.24, 2.45) is 0 Å². The maximum atomic E-state index is 12.6. The van der Waals surface area contributed by atoms with Crippen LogP contribution in [0.15, 0.2) is 30.9 Å². The topological polar surface area (TPSA) is 99.1 Å². The van der Waals surface area contributed by atoms with Crippen LogP contribution in [0.4, 0.5) is 8.78 Å². The lowest BCUT2D eigenvalue weighted by atomic mass is 10.0. The molecule has 1 atom stereocenters. The number of hydrogen-bond donors (Lipinski definition) is 3. The van der Waals surface area contributed by atoms with Gasteiger partial charge in [0.1, 0.15) is 12.8 Å². The molecule has 10 heteroatoms. The van der Waals surface area contributed by atoms with Crippen LogP contribution in [-0.2, 0) is 20.7 Å². The number of carbonyl (C=O) groups is 2. The summed E-state index contributed by atoms with van der Waals surface area (Å²) in [6, 6.07) is 5.57. The number of nitrogens with zero attached hydrogens (tertiary/aromatic N) is 1. The first-order valence-electron chi connectivity index (χ1n) is 8.19. The molecule has 1 aromatic carbocycles. The van der Waals surface area contributed by atoms with E-state index < -0.39 is 44.9 Å². The van der Waals surface area contributed by atoms with Gasteiger partial charge in [-0.25, -0.2) is 8.78 Å². The van der Waals surface area contributed by atoms with Crippen LogP contribution in [0.3, 0.4) is 0 Å². The summed E-state index contributed by atoms with van der Waals surface area (Å²) >= 11 is 0. The molecular weight excluding hydrogens is 361 g/mol. The maximum Gasteiger partial charge on any atom is 0.635 e. The van der Waals surface area contributed by atoms with Gasteiger partial charge >= 0.3 is 7.32 Å². The Hall–Kier alpha value is -2.30. The Kier molecular flexibility index (Phi) is 9.06. The van der Waals surface area contributed by atoms with Gasteiger partial charge in [-0.2, -0.15) is 0 Å². The summed E-state index contributed by atoms with van der Waals surface area (Å²) in [5.41, 5.74) is 2.73. The van der Waals surface area contributed by atoms with E-state index in [-0.39, 0.29) is 6.42 Å². The molecule has 1 aromatic rings. The molecule has 0 unspecified atom stereocenters. The third-order valence-corrected chi connectivity index (χ3v) is 3.69. The smallest absolute Gasteiger partial charge is 0.402 e. The highest BCUT2D eigenvalue weighted by Crippen LogP contribution is 2.13. The third kappa shape index (κ3) is 8.29. The highest BCUT2D eigenvalue weighted by atomic mass is 19.3. The van der Waals surface area contributed by atoms with Gasteiger partial charge in [-0.15, -0.1) is 0 Å². The Morgan fingerprint density at radius 3 is 2.56 bits per heavy atom. The van der Waals surface area contributed by atoms with Crippen molar-refractivity contribution in [3.05, 3.63) is 47.5 Å². The van der Waals surface area contributed by atoms with Crippen molar-refractivity contribution in [1.82, 2.24) is 10.2 Å². The van der Waals surface area contributed by atoms with Crippen LogP contribution >= 0.6 is 0 Å². The lowest BCUT2D eigenvalue weighted by Crippen LogP contribution is -2.48. The fourth-order valence-corrected chi connectivity index (χ4v) is 2.48. The van der Waals surface area contributed by atoms with Crippen molar-refractivity contribution in [2.45, 2.75) is 32.9 Å². The molecule has 7 nitrogen and oxygen atoms in total. The molecule has 1 rings (SSSR count). The molecule has 0 radical (unpaired) electrons. The number of nitrogens with one attached hydrogen (secondary N) is 1. The highest BCUT2D eigenvalue weighted by molar-refractivity contribution is 6.32. The Morgan fingerprint density at radius 1 is 1.37 bits per heavy atom. The molecule has 0 aromatic heterocycles. The molecule has 3 N–H and O–H groups in total.